The third-order valence-corrected chi connectivity index (χ3v) is 5.29. The predicted molar refractivity (Wildman–Crippen MR) is 109 cm³/mol. The Labute approximate surface area is 169 Å². The van der Waals surface area contributed by atoms with Gasteiger partial charge in [0.05, 0.1) is 4.88 Å². The summed E-state index contributed by atoms with van der Waals surface area (Å²) >= 11 is 1.54. The Morgan fingerprint density at radius 2 is 2.00 bits per heavy atom. The van der Waals surface area contributed by atoms with Gasteiger partial charge in [-0.3, -0.25) is 4.79 Å². The average Bonchev–Trinajstić information content (AvgIpc) is 3.37. The van der Waals surface area contributed by atoms with Gasteiger partial charge in [-0.1, -0.05) is 43.3 Å². The number of rotatable bonds is 8. The summed E-state index contributed by atoms with van der Waals surface area (Å²) in [6, 6.07) is 11.7. The van der Waals surface area contributed by atoms with E-state index in [9.17, 15) is 4.79 Å². The number of benzene rings is 1. The Balaban J connectivity index is 1.68. The Hall–Kier alpha value is -2.67. The minimum Gasteiger partial charge on any atom is -0.481 e. The molecule has 3 rings (SSSR count). The van der Waals surface area contributed by atoms with Crippen molar-refractivity contribution in [1.29, 1.82) is 0 Å². The largest absolute Gasteiger partial charge is 0.481 e. The van der Waals surface area contributed by atoms with Gasteiger partial charge < -0.3 is 14.2 Å². The highest BCUT2D eigenvalue weighted by molar-refractivity contribution is 7.13. The number of ether oxygens (including phenoxy) is 1. The van der Waals surface area contributed by atoms with Crippen LogP contribution in [-0.4, -0.2) is 33.6 Å². The zero-order valence-corrected chi connectivity index (χ0v) is 17.4. The van der Waals surface area contributed by atoms with E-state index in [-0.39, 0.29) is 12.5 Å². The molecule has 0 spiro atoms. The van der Waals surface area contributed by atoms with Crippen molar-refractivity contribution < 1.29 is 14.1 Å². The van der Waals surface area contributed by atoms with Crippen LogP contribution in [0, 0.1) is 0 Å². The maximum atomic E-state index is 12.9. The lowest BCUT2D eigenvalue weighted by molar-refractivity contribution is -0.138. The van der Waals surface area contributed by atoms with Gasteiger partial charge in [-0.05, 0) is 42.8 Å². The highest BCUT2D eigenvalue weighted by atomic mass is 32.1. The molecule has 1 unspecified atom stereocenters. The van der Waals surface area contributed by atoms with E-state index in [4.69, 9.17) is 9.26 Å². The molecule has 0 aliphatic rings. The van der Waals surface area contributed by atoms with E-state index in [0.29, 0.717) is 24.2 Å². The molecule has 0 saturated heterocycles. The lowest BCUT2D eigenvalue weighted by Crippen LogP contribution is -2.40. The molecule has 2 heterocycles. The van der Waals surface area contributed by atoms with Crippen molar-refractivity contribution in [3.05, 3.63) is 53.2 Å². The summed E-state index contributed by atoms with van der Waals surface area (Å²) in [5, 5.41) is 5.96. The second kappa shape index (κ2) is 9.01. The molecule has 0 aliphatic heterocycles. The fourth-order valence-electron chi connectivity index (χ4n) is 2.90. The van der Waals surface area contributed by atoms with Gasteiger partial charge in [0.2, 0.25) is 11.7 Å². The molecule has 148 valence electrons. The second-order valence-corrected chi connectivity index (χ2v) is 7.74. The topological polar surface area (TPSA) is 68.5 Å². The number of nitrogens with zero attached hydrogens (tertiary/aromatic N) is 3. The maximum absolute atomic E-state index is 12.9. The third kappa shape index (κ3) is 4.59. The van der Waals surface area contributed by atoms with Gasteiger partial charge in [-0.25, -0.2) is 0 Å². The van der Waals surface area contributed by atoms with Gasteiger partial charge in [-0.15, -0.1) is 11.3 Å². The van der Waals surface area contributed by atoms with E-state index in [2.05, 4.69) is 24.0 Å². The van der Waals surface area contributed by atoms with Gasteiger partial charge >= 0.3 is 0 Å². The first-order chi connectivity index (χ1) is 13.5. The summed E-state index contributed by atoms with van der Waals surface area (Å²) in [5.41, 5.74) is 1.09. The smallest absolute Gasteiger partial charge is 0.263 e. The molecule has 28 heavy (non-hydrogen) atoms. The molecule has 0 fully saturated rings. The predicted octanol–water partition coefficient (Wildman–Crippen LogP) is 4.74. The molecule has 1 aromatic carbocycles. The van der Waals surface area contributed by atoms with Crippen LogP contribution in [0.4, 0.5) is 0 Å². The molecule has 1 atom stereocenters. The molecule has 6 nitrogen and oxygen atoms in total. The molecule has 0 radical (unpaired) electrons. The first-order valence-electron chi connectivity index (χ1n) is 9.40. The van der Waals surface area contributed by atoms with Gasteiger partial charge in [-0.2, -0.15) is 4.98 Å². The number of hydrogen-bond acceptors (Lipinski definition) is 6. The summed E-state index contributed by atoms with van der Waals surface area (Å²) in [7, 11) is 0. The van der Waals surface area contributed by atoms with E-state index < -0.39 is 6.10 Å². The Bertz CT molecular complexity index is 905. The van der Waals surface area contributed by atoms with Crippen LogP contribution < -0.4 is 4.74 Å². The van der Waals surface area contributed by atoms with E-state index in [1.54, 1.807) is 23.2 Å². The lowest BCUT2D eigenvalue weighted by Gasteiger charge is -2.24. The van der Waals surface area contributed by atoms with Crippen LogP contribution in [0.3, 0.4) is 0 Å². The summed E-state index contributed by atoms with van der Waals surface area (Å²) in [4.78, 5) is 19.9. The Kier molecular flexibility index (Phi) is 6.46. The van der Waals surface area contributed by atoms with Gasteiger partial charge in [0.1, 0.15) is 12.3 Å². The third-order valence-electron chi connectivity index (χ3n) is 4.42. The van der Waals surface area contributed by atoms with Crippen LogP contribution in [0.5, 0.6) is 5.75 Å². The fraction of sp³-hybridized carbons (Fsp3) is 0.381. The normalized spacial score (nSPS) is 12.2. The number of aromatic nitrogens is 2. The van der Waals surface area contributed by atoms with Crippen LogP contribution >= 0.6 is 11.3 Å². The van der Waals surface area contributed by atoms with Crippen molar-refractivity contribution in [2.24, 2.45) is 0 Å². The zero-order chi connectivity index (χ0) is 20.1. The number of carbonyl (C=O) groups excluding carboxylic acids is 1. The number of carbonyl (C=O) groups is 1. The van der Waals surface area contributed by atoms with Crippen molar-refractivity contribution in [2.45, 2.75) is 46.3 Å². The van der Waals surface area contributed by atoms with Gasteiger partial charge in [0, 0.05) is 6.54 Å². The van der Waals surface area contributed by atoms with E-state index in [1.165, 1.54) is 0 Å². The van der Waals surface area contributed by atoms with Crippen LogP contribution in [0.1, 0.15) is 45.1 Å². The van der Waals surface area contributed by atoms with Crippen molar-refractivity contribution in [3.63, 3.8) is 0 Å². The first kappa shape index (κ1) is 20.1. The van der Waals surface area contributed by atoms with E-state index in [0.717, 1.165) is 16.2 Å². The summed E-state index contributed by atoms with van der Waals surface area (Å²) < 4.78 is 11.3. The van der Waals surface area contributed by atoms with Crippen LogP contribution in [-0.2, 0) is 11.3 Å². The summed E-state index contributed by atoms with van der Waals surface area (Å²) in [6.07, 6.45) is -0.612. The van der Waals surface area contributed by atoms with Gasteiger partial charge in [0.15, 0.2) is 6.10 Å². The number of hydrogen-bond donors (Lipinski definition) is 0. The highest BCUT2D eigenvalue weighted by Gasteiger charge is 2.24. The number of thiophene rings is 1. The SMILES string of the molecule is CCN(Cc1nc(-c2cccs2)no1)C(=O)C(C)Oc1ccccc1C(C)C. The fourth-order valence-corrected chi connectivity index (χ4v) is 3.55. The summed E-state index contributed by atoms with van der Waals surface area (Å²) in [6.45, 7) is 8.68. The van der Waals surface area contributed by atoms with E-state index >= 15 is 0 Å². The number of amides is 1. The molecular weight excluding hydrogens is 374 g/mol. The standard InChI is InChI=1S/C21H25N3O3S/c1-5-24(13-19-22-20(23-27-19)18-11-8-12-28-18)21(25)15(4)26-17-10-7-6-9-16(17)14(2)3/h6-12,14-15H,5,13H2,1-4H3. The minimum absolute atomic E-state index is 0.114. The molecule has 1 amide bonds. The molecule has 2 aromatic heterocycles. The monoisotopic (exact) mass is 399 g/mol. The molecule has 0 N–H and O–H groups in total. The maximum Gasteiger partial charge on any atom is 0.263 e. The Morgan fingerprint density at radius 1 is 1.21 bits per heavy atom. The lowest BCUT2D eigenvalue weighted by atomic mass is 10.0. The summed E-state index contributed by atoms with van der Waals surface area (Å²) in [5.74, 6) is 1.90. The second-order valence-electron chi connectivity index (χ2n) is 6.79. The molecular formula is C21H25N3O3S. The molecule has 0 aliphatic carbocycles. The van der Waals surface area contributed by atoms with Crippen LogP contribution in [0.15, 0.2) is 46.3 Å². The van der Waals surface area contributed by atoms with Crippen molar-refractivity contribution in [3.8, 4) is 16.5 Å². The van der Waals surface area contributed by atoms with Crippen molar-refractivity contribution in [2.75, 3.05) is 6.54 Å². The quantitative estimate of drug-likeness (QED) is 0.547. The first-order valence-corrected chi connectivity index (χ1v) is 10.3. The number of likely N-dealkylation sites (N-methyl/N-ethyl adjacent to an activating group) is 1. The zero-order valence-electron chi connectivity index (χ0n) is 16.6. The average molecular weight is 400 g/mol. The number of para-hydroxylation sites is 1. The highest BCUT2D eigenvalue weighted by Crippen LogP contribution is 2.27. The minimum atomic E-state index is -0.612. The molecule has 3 aromatic rings. The van der Waals surface area contributed by atoms with Crippen LogP contribution in [0.25, 0.3) is 10.7 Å². The van der Waals surface area contributed by atoms with Crippen molar-refractivity contribution >= 4 is 17.2 Å². The van der Waals surface area contributed by atoms with E-state index in [1.807, 2.05) is 48.7 Å². The molecule has 0 saturated carbocycles. The molecule has 7 heteroatoms. The van der Waals surface area contributed by atoms with Crippen molar-refractivity contribution in [1.82, 2.24) is 15.0 Å². The Morgan fingerprint density at radius 3 is 2.68 bits per heavy atom. The van der Waals surface area contributed by atoms with Gasteiger partial charge in [0.25, 0.3) is 5.91 Å². The van der Waals surface area contributed by atoms with Crippen LogP contribution in [0.2, 0.25) is 0 Å². The molecule has 0 bridgehead atoms.